The third kappa shape index (κ3) is 8.80. The van der Waals surface area contributed by atoms with Crippen molar-refractivity contribution in [1.29, 1.82) is 0 Å². The average molecular weight is 297 g/mol. The molecule has 0 spiro atoms. The number of rotatable bonds is 11. The zero-order valence-electron chi connectivity index (χ0n) is 12.9. The molecule has 21 heavy (non-hydrogen) atoms. The van der Waals surface area contributed by atoms with E-state index in [0.29, 0.717) is 32.7 Å². The molecule has 120 valence electrons. The zero-order chi connectivity index (χ0) is 15.6. The van der Waals surface area contributed by atoms with Crippen LogP contribution in [0, 0.1) is 0 Å². The quantitative estimate of drug-likeness (QED) is 0.567. The van der Waals surface area contributed by atoms with Crippen LogP contribution in [0.4, 0.5) is 0 Å². The van der Waals surface area contributed by atoms with E-state index in [9.17, 15) is 10.2 Å². The highest BCUT2D eigenvalue weighted by Crippen LogP contribution is 2.07. The van der Waals surface area contributed by atoms with Crippen LogP contribution in [0.2, 0.25) is 0 Å². The van der Waals surface area contributed by atoms with Crippen molar-refractivity contribution in [2.24, 2.45) is 0 Å². The van der Waals surface area contributed by atoms with Gasteiger partial charge in [-0.05, 0) is 12.5 Å². The van der Waals surface area contributed by atoms with Crippen LogP contribution in [0.25, 0.3) is 0 Å². The number of aliphatic hydroxyl groups is 2. The number of hydrogen-bond acceptors (Lipinski definition) is 5. The van der Waals surface area contributed by atoms with Gasteiger partial charge in [-0.25, -0.2) is 0 Å². The SMILES string of the molecule is COCCC(C)(O)CNCC(O)COCc1ccccc1. The number of hydrogen-bond donors (Lipinski definition) is 3. The van der Waals surface area contributed by atoms with E-state index >= 15 is 0 Å². The maximum atomic E-state index is 10.0. The molecule has 0 heterocycles. The van der Waals surface area contributed by atoms with Crippen molar-refractivity contribution in [3.05, 3.63) is 35.9 Å². The third-order valence-electron chi connectivity index (χ3n) is 3.15. The van der Waals surface area contributed by atoms with Gasteiger partial charge in [0.1, 0.15) is 0 Å². The van der Waals surface area contributed by atoms with Crippen LogP contribution in [0.3, 0.4) is 0 Å². The summed E-state index contributed by atoms with van der Waals surface area (Å²) >= 11 is 0. The second-order valence-electron chi connectivity index (χ2n) is 5.53. The zero-order valence-corrected chi connectivity index (χ0v) is 12.9. The summed E-state index contributed by atoms with van der Waals surface area (Å²) in [5.74, 6) is 0. The van der Waals surface area contributed by atoms with Crippen LogP contribution in [0.15, 0.2) is 30.3 Å². The first-order chi connectivity index (χ1) is 10.0. The van der Waals surface area contributed by atoms with Gasteiger partial charge in [-0.2, -0.15) is 0 Å². The Bertz CT molecular complexity index is 370. The van der Waals surface area contributed by atoms with Gasteiger partial charge < -0.3 is 25.0 Å². The summed E-state index contributed by atoms with van der Waals surface area (Å²) in [4.78, 5) is 0. The van der Waals surface area contributed by atoms with Crippen molar-refractivity contribution in [2.75, 3.05) is 33.4 Å². The van der Waals surface area contributed by atoms with E-state index < -0.39 is 11.7 Å². The second kappa shape index (κ2) is 9.87. The molecule has 5 heteroatoms. The Morgan fingerprint density at radius 1 is 1.29 bits per heavy atom. The molecule has 0 aliphatic carbocycles. The van der Waals surface area contributed by atoms with Gasteiger partial charge in [0.15, 0.2) is 0 Å². The molecule has 5 nitrogen and oxygen atoms in total. The predicted octanol–water partition coefficient (Wildman–Crippen LogP) is 0.941. The molecule has 0 aliphatic rings. The molecule has 0 aromatic heterocycles. The number of nitrogens with one attached hydrogen (secondary N) is 1. The molecule has 0 saturated heterocycles. The van der Waals surface area contributed by atoms with Crippen LogP contribution in [0.5, 0.6) is 0 Å². The lowest BCUT2D eigenvalue weighted by Crippen LogP contribution is -2.42. The summed E-state index contributed by atoms with van der Waals surface area (Å²) in [6.45, 7) is 3.81. The molecule has 0 amide bonds. The van der Waals surface area contributed by atoms with Gasteiger partial charge in [0.2, 0.25) is 0 Å². The van der Waals surface area contributed by atoms with E-state index in [4.69, 9.17) is 9.47 Å². The van der Waals surface area contributed by atoms with Crippen molar-refractivity contribution in [3.63, 3.8) is 0 Å². The highest BCUT2D eigenvalue weighted by Gasteiger charge is 2.19. The second-order valence-corrected chi connectivity index (χ2v) is 5.53. The Morgan fingerprint density at radius 3 is 2.67 bits per heavy atom. The van der Waals surface area contributed by atoms with Crippen molar-refractivity contribution in [2.45, 2.75) is 31.7 Å². The van der Waals surface area contributed by atoms with Crippen molar-refractivity contribution >= 4 is 0 Å². The Balaban J connectivity index is 2.09. The van der Waals surface area contributed by atoms with Gasteiger partial charge in [-0.3, -0.25) is 0 Å². The smallest absolute Gasteiger partial charge is 0.0897 e. The highest BCUT2D eigenvalue weighted by molar-refractivity contribution is 5.13. The number of benzene rings is 1. The Hall–Kier alpha value is -0.980. The normalized spacial score (nSPS) is 15.6. The third-order valence-corrected chi connectivity index (χ3v) is 3.15. The molecule has 3 N–H and O–H groups in total. The van der Waals surface area contributed by atoms with E-state index in [1.807, 2.05) is 30.3 Å². The number of ether oxygens (including phenoxy) is 2. The van der Waals surface area contributed by atoms with E-state index in [0.717, 1.165) is 5.56 Å². The lowest BCUT2D eigenvalue weighted by molar-refractivity contribution is 0.0104. The van der Waals surface area contributed by atoms with E-state index in [2.05, 4.69) is 5.32 Å². The fourth-order valence-corrected chi connectivity index (χ4v) is 1.86. The van der Waals surface area contributed by atoms with Crippen molar-refractivity contribution < 1.29 is 19.7 Å². The number of aliphatic hydroxyl groups excluding tert-OH is 1. The van der Waals surface area contributed by atoms with Gasteiger partial charge >= 0.3 is 0 Å². The van der Waals surface area contributed by atoms with Crippen molar-refractivity contribution in [3.8, 4) is 0 Å². The lowest BCUT2D eigenvalue weighted by Gasteiger charge is -2.24. The first-order valence-corrected chi connectivity index (χ1v) is 7.25. The van der Waals surface area contributed by atoms with E-state index in [1.165, 1.54) is 0 Å². The Morgan fingerprint density at radius 2 is 2.00 bits per heavy atom. The van der Waals surface area contributed by atoms with Crippen LogP contribution >= 0.6 is 0 Å². The maximum Gasteiger partial charge on any atom is 0.0897 e. The standard InChI is InChI=1S/C16H27NO4/c1-16(19,8-9-20-2)13-17-10-15(18)12-21-11-14-6-4-3-5-7-14/h3-7,15,17-19H,8-13H2,1-2H3. The van der Waals surface area contributed by atoms with E-state index in [1.54, 1.807) is 14.0 Å². The van der Waals surface area contributed by atoms with Gasteiger partial charge in [0.05, 0.1) is 24.9 Å². The molecular formula is C16H27NO4. The van der Waals surface area contributed by atoms with Crippen LogP contribution in [0.1, 0.15) is 18.9 Å². The molecule has 2 unspecified atom stereocenters. The average Bonchev–Trinajstić information content (AvgIpc) is 2.46. The van der Waals surface area contributed by atoms with Gasteiger partial charge in [0.25, 0.3) is 0 Å². The molecule has 0 bridgehead atoms. The molecule has 1 aromatic carbocycles. The molecule has 2 atom stereocenters. The van der Waals surface area contributed by atoms with Crippen LogP contribution < -0.4 is 5.32 Å². The van der Waals surface area contributed by atoms with E-state index in [-0.39, 0.29) is 6.61 Å². The number of methoxy groups -OCH3 is 1. The first kappa shape index (κ1) is 18.1. The molecule has 0 fully saturated rings. The molecule has 1 aromatic rings. The highest BCUT2D eigenvalue weighted by atomic mass is 16.5. The molecular weight excluding hydrogens is 270 g/mol. The molecule has 0 aliphatic heterocycles. The maximum absolute atomic E-state index is 10.0. The van der Waals surface area contributed by atoms with Crippen LogP contribution in [-0.4, -0.2) is 55.3 Å². The predicted molar refractivity (Wildman–Crippen MR) is 82.1 cm³/mol. The molecule has 0 saturated carbocycles. The van der Waals surface area contributed by atoms with Gasteiger partial charge in [-0.15, -0.1) is 0 Å². The van der Waals surface area contributed by atoms with Crippen LogP contribution in [-0.2, 0) is 16.1 Å². The molecule has 1 rings (SSSR count). The largest absolute Gasteiger partial charge is 0.389 e. The summed E-state index contributed by atoms with van der Waals surface area (Å²) in [5.41, 5.74) is 0.251. The summed E-state index contributed by atoms with van der Waals surface area (Å²) in [5, 5.41) is 22.9. The molecule has 0 radical (unpaired) electrons. The summed E-state index contributed by atoms with van der Waals surface area (Å²) in [6, 6.07) is 9.84. The fraction of sp³-hybridized carbons (Fsp3) is 0.625. The lowest BCUT2D eigenvalue weighted by atomic mass is 10.0. The fourth-order valence-electron chi connectivity index (χ4n) is 1.86. The monoisotopic (exact) mass is 297 g/mol. The minimum atomic E-state index is -0.833. The summed E-state index contributed by atoms with van der Waals surface area (Å²) in [7, 11) is 1.61. The summed E-state index contributed by atoms with van der Waals surface area (Å²) < 4.78 is 10.4. The minimum Gasteiger partial charge on any atom is -0.389 e. The van der Waals surface area contributed by atoms with Gasteiger partial charge in [0, 0.05) is 33.2 Å². The summed E-state index contributed by atoms with van der Waals surface area (Å²) in [6.07, 6.45) is -0.0381. The van der Waals surface area contributed by atoms with Crippen molar-refractivity contribution in [1.82, 2.24) is 5.32 Å². The Kier molecular flexibility index (Phi) is 8.49. The minimum absolute atomic E-state index is 0.266. The first-order valence-electron chi connectivity index (χ1n) is 7.25. The van der Waals surface area contributed by atoms with Gasteiger partial charge in [-0.1, -0.05) is 30.3 Å². The Labute approximate surface area is 126 Å². The topological polar surface area (TPSA) is 71.0 Å².